The number of amides is 1. The Kier molecular flexibility index (Phi) is 5.91. The van der Waals surface area contributed by atoms with Crippen molar-refractivity contribution in [2.75, 3.05) is 6.54 Å². The molecular formula is C13H19BrN2O4. The van der Waals surface area contributed by atoms with Crippen LogP contribution in [0.1, 0.15) is 32.4 Å². The molecule has 0 aromatic carbocycles. The summed E-state index contributed by atoms with van der Waals surface area (Å²) in [6.07, 6.45) is 0.102. The Morgan fingerprint density at radius 2 is 2.15 bits per heavy atom. The summed E-state index contributed by atoms with van der Waals surface area (Å²) in [6.45, 7) is 5.11. The van der Waals surface area contributed by atoms with E-state index in [0.717, 1.165) is 0 Å². The number of nitrogens with one attached hydrogen (secondary N) is 1. The Hall–Kier alpha value is -1.18. The maximum Gasteiger partial charge on any atom is 0.407 e. The molecule has 0 aliphatic rings. The van der Waals surface area contributed by atoms with Crippen molar-refractivity contribution < 1.29 is 19.7 Å². The van der Waals surface area contributed by atoms with Crippen molar-refractivity contribution in [2.45, 2.75) is 38.6 Å². The first-order chi connectivity index (χ1) is 9.20. The summed E-state index contributed by atoms with van der Waals surface area (Å²) in [5, 5.41) is 22.3. The van der Waals surface area contributed by atoms with Crippen LogP contribution < -0.4 is 5.32 Å². The van der Waals surface area contributed by atoms with Gasteiger partial charge in [-0.15, -0.1) is 0 Å². The number of hydrogen-bond donors (Lipinski definition) is 3. The zero-order valence-electron chi connectivity index (χ0n) is 11.6. The van der Waals surface area contributed by atoms with Gasteiger partial charge in [0.15, 0.2) is 0 Å². The quantitative estimate of drug-likeness (QED) is 0.772. The van der Waals surface area contributed by atoms with Crippen LogP contribution in [0.3, 0.4) is 0 Å². The third kappa shape index (κ3) is 5.44. The number of aliphatic hydroxyl groups is 2. The van der Waals surface area contributed by atoms with Gasteiger partial charge in [0.1, 0.15) is 17.8 Å². The van der Waals surface area contributed by atoms with Gasteiger partial charge in [-0.05, 0) is 42.8 Å². The van der Waals surface area contributed by atoms with Crippen molar-refractivity contribution in [3.8, 4) is 0 Å². The minimum Gasteiger partial charge on any atom is -0.444 e. The van der Waals surface area contributed by atoms with Gasteiger partial charge < -0.3 is 20.3 Å². The van der Waals surface area contributed by atoms with Crippen molar-refractivity contribution in [3.05, 3.63) is 28.5 Å². The minimum absolute atomic E-state index is 0.120. The van der Waals surface area contributed by atoms with Gasteiger partial charge in [0.05, 0.1) is 0 Å². The van der Waals surface area contributed by atoms with Crippen LogP contribution in [-0.2, 0) is 4.74 Å². The maximum atomic E-state index is 11.4. The lowest BCUT2D eigenvalue weighted by atomic mass is 10.1. The summed E-state index contributed by atoms with van der Waals surface area (Å²) >= 11 is 3.24. The minimum atomic E-state index is -1.15. The standard InChI is InChI=1S/C13H19BrN2O4/c1-13(2,3)20-12(19)16-7-10(17)11(18)8-4-5-15-6-9(8)14/h4-6,10-11,17-18H,7H2,1-3H3,(H,16,19). The molecular weight excluding hydrogens is 328 g/mol. The SMILES string of the molecule is CC(C)(C)OC(=O)NCC(O)C(O)c1ccncc1Br. The second-order valence-electron chi connectivity index (χ2n) is 5.29. The van der Waals surface area contributed by atoms with E-state index in [0.29, 0.717) is 10.0 Å². The number of aliphatic hydroxyl groups excluding tert-OH is 2. The Morgan fingerprint density at radius 3 is 2.70 bits per heavy atom. The number of carbonyl (C=O) groups is 1. The van der Waals surface area contributed by atoms with Crippen LogP contribution in [0.4, 0.5) is 4.79 Å². The summed E-state index contributed by atoms with van der Waals surface area (Å²) < 4.78 is 5.62. The molecule has 6 nitrogen and oxygen atoms in total. The summed E-state index contributed by atoms with van der Waals surface area (Å²) in [7, 11) is 0. The molecule has 0 radical (unpaired) electrons. The van der Waals surface area contributed by atoms with Crippen molar-refractivity contribution in [3.63, 3.8) is 0 Å². The van der Waals surface area contributed by atoms with Crippen molar-refractivity contribution in [1.29, 1.82) is 0 Å². The summed E-state index contributed by atoms with van der Waals surface area (Å²) in [5.41, 5.74) is -0.111. The Bertz CT molecular complexity index is 462. The average molecular weight is 347 g/mol. The van der Waals surface area contributed by atoms with Crippen LogP contribution in [-0.4, -0.2) is 39.5 Å². The molecule has 0 aliphatic heterocycles. The molecule has 112 valence electrons. The lowest BCUT2D eigenvalue weighted by Crippen LogP contribution is -2.38. The molecule has 1 aromatic heterocycles. The average Bonchev–Trinajstić information content (AvgIpc) is 2.33. The van der Waals surface area contributed by atoms with Crippen molar-refractivity contribution in [2.24, 2.45) is 0 Å². The molecule has 2 atom stereocenters. The first-order valence-corrected chi connectivity index (χ1v) is 6.92. The first-order valence-electron chi connectivity index (χ1n) is 6.13. The largest absolute Gasteiger partial charge is 0.444 e. The second-order valence-corrected chi connectivity index (χ2v) is 6.15. The van der Waals surface area contributed by atoms with Gasteiger partial charge in [-0.25, -0.2) is 4.79 Å². The summed E-state index contributed by atoms with van der Waals surface area (Å²) in [6, 6.07) is 1.59. The van der Waals surface area contributed by atoms with E-state index < -0.39 is 23.9 Å². The topological polar surface area (TPSA) is 91.7 Å². The third-order valence-electron chi connectivity index (χ3n) is 2.34. The Morgan fingerprint density at radius 1 is 1.50 bits per heavy atom. The molecule has 1 rings (SSSR count). The van der Waals surface area contributed by atoms with Gasteiger partial charge >= 0.3 is 6.09 Å². The van der Waals surface area contributed by atoms with Crippen LogP contribution in [0.25, 0.3) is 0 Å². The van der Waals surface area contributed by atoms with Crippen molar-refractivity contribution >= 4 is 22.0 Å². The Balaban J connectivity index is 2.53. The van der Waals surface area contributed by atoms with E-state index in [1.54, 1.807) is 26.8 Å². The molecule has 0 bridgehead atoms. The molecule has 0 aliphatic carbocycles. The number of carbonyl (C=O) groups excluding carboxylic acids is 1. The van der Waals surface area contributed by atoms with E-state index in [9.17, 15) is 15.0 Å². The third-order valence-corrected chi connectivity index (χ3v) is 3.00. The lowest BCUT2D eigenvalue weighted by Gasteiger charge is -2.22. The van der Waals surface area contributed by atoms with E-state index >= 15 is 0 Å². The van der Waals surface area contributed by atoms with Gasteiger partial charge in [-0.1, -0.05) is 0 Å². The highest BCUT2D eigenvalue weighted by atomic mass is 79.9. The number of hydrogen-bond acceptors (Lipinski definition) is 5. The number of halogens is 1. The van der Waals surface area contributed by atoms with E-state index in [-0.39, 0.29) is 6.54 Å². The predicted molar refractivity (Wildman–Crippen MR) is 77.1 cm³/mol. The zero-order valence-corrected chi connectivity index (χ0v) is 13.2. The molecule has 1 amide bonds. The van der Waals surface area contributed by atoms with Gasteiger partial charge in [0.25, 0.3) is 0 Å². The molecule has 1 aromatic rings. The van der Waals surface area contributed by atoms with Crippen LogP contribution in [0.5, 0.6) is 0 Å². The highest BCUT2D eigenvalue weighted by Gasteiger charge is 2.22. The Labute approximate surface area is 126 Å². The number of alkyl carbamates (subject to hydrolysis) is 1. The normalized spacial score (nSPS) is 14.5. The molecule has 3 N–H and O–H groups in total. The molecule has 2 unspecified atom stereocenters. The molecule has 0 spiro atoms. The lowest BCUT2D eigenvalue weighted by molar-refractivity contribution is 0.0125. The van der Waals surface area contributed by atoms with Crippen LogP contribution in [0.2, 0.25) is 0 Å². The molecule has 1 heterocycles. The molecule has 20 heavy (non-hydrogen) atoms. The fourth-order valence-corrected chi connectivity index (χ4v) is 1.93. The van der Waals surface area contributed by atoms with E-state index in [1.807, 2.05) is 0 Å². The van der Waals surface area contributed by atoms with Crippen molar-refractivity contribution in [1.82, 2.24) is 10.3 Å². The fraction of sp³-hybridized carbons (Fsp3) is 0.538. The summed E-state index contributed by atoms with van der Waals surface area (Å²) in [5.74, 6) is 0. The van der Waals surface area contributed by atoms with Crippen LogP contribution in [0, 0.1) is 0 Å². The van der Waals surface area contributed by atoms with Gasteiger partial charge in [0, 0.05) is 29.0 Å². The van der Waals surface area contributed by atoms with Crippen LogP contribution in [0.15, 0.2) is 22.9 Å². The second kappa shape index (κ2) is 7.01. The fourth-order valence-electron chi connectivity index (χ4n) is 1.45. The maximum absolute atomic E-state index is 11.4. The predicted octanol–water partition coefficient (Wildman–Crippen LogP) is 1.76. The number of rotatable bonds is 4. The highest BCUT2D eigenvalue weighted by Crippen LogP contribution is 2.24. The molecule has 0 saturated carbocycles. The van der Waals surface area contributed by atoms with Gasteiger partial charge in [-0.3, -0.25) is 4.98 Å². The van der Waals surface area contributed by atoms with E-state index in [4.69, 9.17) is 4.74 Å². The number of ether oxygens (including phenoxy) is 1. The van der Waals surface area contributed by atoms with Gasteiger partial charge in [0.2, 0.25) is 0 Å². The molecule has 0 saturated heterocycles. The first kappa shape index (κ1) is 16.9. The number of nitrogens with zero attached hydrogens (tertiary/aromatic N) is 1. The smallest absolute Gasteiger partial charge is 0.407 e. The number of aromatic nitrogens is 1. The summed E-state index contributed by atoms with van der Waals surface area (Å²) in [4.78, 5) is 15.3. The number of pyridine rings is 1. The highest BCUT2D eigenvalue weighted by molar-refractivity contribution is 9.10. The van der Waals surface area contributed by atoms with E-state index in [2.05, 4.69) is 26.2 Å². The van der Waals surface area contributed by atoms with Crippen LogP contribution >= 0.6 is 15.9 Å². The van der Waals surface area contributed by atoms with E-state index in [1.165, 1.54) is 12.4 Å². The van der Waals surface area contributed by atoms with Gasteiger partial charge in [-0.2, -0.15) is 0 Å². The molecule has 0 fully saturated rings. The monoisotopic (exact) mass is 346 g/mol. The zero-order chi connectivity index (χ0) is 15.3. The molecule has 7 heteroatoms.